The van der Waals surface area contributed by atoms with Crippen LogP contribution in [0.2, 0.25) is 0 Å². The monoisotopic (exact) mass is 277 g/mol. The summed E-state index contributed by atoms with van der Waals surface area (Å²) in [6, 6.07) is 1.99. The number of aromatic nitrogens is 1. The summed E-state index contributed by atoms with van der Waals surface area (Å²) in [6.07, 6.45) is -2.72. The average Bonchev–Trinajstić information content (AvgIpc) is 2.37. The van der Waals surface area contributed by atoms with E-state index in [0.29, 0.717) is 13.2 Å². The van der Waals surface area contributed by atoms with Gasteiger partial charge in [-0.25, -0.2) is 4.98 Å². The Hall–Kier alpha value is -1.50. The highest BCUT2D eigenvalue weighted by Crippen LogP contribution is 2.31. The van der Waals surface area contributed by atoms with Crippen LogP contribution in [-0.2, 0) is 10.9 Å². The highest BCUT2D eigenvalue weighted by Gasteiger charge is 2.31. The number of halogens is 3. The van der Waals surface area contributed by atoms with Crippen molar-refractivity contribution < 1.29 is 17.9 Å². The van der Waals surface area contributed by atoms with Crippen LogP contribution >= 0.6 is 0 Å². The van der Waals surface area contributed by atoms with Crippen LogP contribution in [0.5, 0.6) is 0 Å². The zero-order valence-corrected chi connectivity index (χ0v) is 11.0. The number of pyridine rings is 1. The van der Waals surface area contributed by atoms with E-state index in [4.69, 9.17) is 4.74 Å². The SMILES string of the molecule is CNc1cc(C(F)(F)F)cc(NCCCCOC)n1. The zero-order valence-electron chi connectivity index (χ0n) is 11.0. The van der Waals surface area contributed by atoms with Gasteiger partial charge in [0.25, 0.3) is 0 Å². The summed E-state index contributed by atoms with van der Waals surface area (Å²) in [4.78, 5) is 4.03. The van der Waals surface area contributed by atoms with E-state index in [0.717, 1.165) is 25.0 Å². The Morgan fingerprint density at radius 3 is 2.47 bits per heavy atom. The molecule has 0 unspecified atom stereocenters. The molecule has 0 spiro atoms. The second-order valence-electron chi connectivity index (χ2n) is 4.00. The largest absolute Gasteiger partial charge is 0.416 e. The third-order valence-corrected chi connectivity index (χ3v) is 2.49. The van der Waals surface area contributed by atoms with Crippen LogP contribution in [0.4, 0.5) is 24.8 Å². The average molecular weight is 277 g/mol. The second kappa shape index (κ2) is 7.18. The first kappa shape index (κ1) is 15.6. The summed E-state index contributed by atoms with van der Waals surface area (Å²) in [6.45, 7) is 1.19. The maximum Gasteiger partial charge on any atom is 0.416 e. The lowest BCUT2D eigenvalue weighted by atomic mass is 10.2. The molecule has 1 aromatic heterocycles. The van der Waals surface area contributed by atoms with Gasteiger partial charge in [-0.2, -0.15) is 13.2 Å². The Kier molecular flexibility index (Phi) is 5.88. The van der Waals surface area contributed by atoms with Crippen molar-refractivity contribution in [2.45, 2.75) is 19.0 Å². The molecule has 0 saturated carbocycles. The van der Waals surface area contributed by atoms with E-state index >= 15 is 0 Å². The molecule has 0 aliphatic heterocycles. The van der Waals surface area contributed by atoms with Crippen LogP contribution in [-0.4, -0.2) is 32.3 Å². The van der Waals surface area contributed by atoms with Crippen LogP contribution in [0, 0.1) is 0 Å². The number of hydrogen-bond donors (Lipinski definition) is 2. The van der Waals surface area contributed by atoms with Gasteiger partial charge in [-0.05, 0) is 25.0 Å². The van der Waals surface area contributed by atoms with Crippen molar-refractivity contribution in [2.75, 3.05) is 37.9 Å². The zero-order chi connectivity index (χ0) is 14.3. The van der Waals surface area contributed by atoms with Gasteiger partial charge in [0.05, 0.1) is 5.56 Å². The number of nitrogens with zero attached hydrogens (tertiary/aromatic N) is 1. The number of anilines is 2. The molecule has 19 heavy (non-hydrogen) atoms. The van der Waals surface area contributed by atoms with E-state index in [2.05, 4.69) is 15.6 Å². The molecule has 0 bridgehead atoms. The number of ether oxygens (including phenoxy) is 1. The summed E-state index contributed by atoms with van der Waals surface area (Å²) in [5, 5.41) is 5.50. The van der Waals surface area contributed by atoms with E-state index in [9.17, 15) is 13.2 Å². The van der Waals surface area contributed by atoms with Gasteiger partial charge in [0.15, 0.2) is 0 Å². The third kappa shape index (κ3) is 5.34. The Bertz CT molecular complexity index is 396. The predicted molar refractivity (Wildman–Crippen MR) is 68.4 cm³/mol. The van der Waals surface area contributed by atoms with Crippen molar-refractivity contribution >= 4 is 11.6 Å². The molecule has 4 nitrogen and oxygen atoms in total. The van der Waals surface area contributed by atoms with Gasteiger partial charge in [-0.3, -0.25) is 0 Å². The van der Waals surface area contributed by atoms with Gasteiger partial charge in [0.2, 0.25) is 0 Å². The van der Waals surface area contributed by atoms with Gasteiger partial charge in [-0.1, -0.05) is 0 Å². The fraction of sp³-hybridized carbons (Fsp3) is 0.583. The van der Waals surface area contributed by atoms with Gasteiger partial charge in [0, 0.05) is 27.3 Å². The summed E-state index contributed by atoms with van der Waals surface area (Å²) in [5.41, 5.74) is -0.716. The molecule has 0 saturated heterocycles. The summed E-state index contributed by atoms with van der Waals surface area (Å²) in [5.74, 6) is 0.408. The topological polar surface area (TPSA) is 46.2 Å². The summed E-state index contributed by atoms with van der Waals surface area (Å²) < 4.78 is 42.9. The minimum absolute atomic E-state index is 0.189. The highest BCUT2D eigenvalue weighted by atomic mass is 19.4. The molecule has 1 aromatic rings. The number of hydrogen-bond acceptors (Lipinski definition) is 4. The highest BCUT2D eigenvalue weighted by molar-refractivity contribution is 5.49. The van der Waals surface area contributed by atoms with Crippen LogP contribution in [0.25, 0.3) is 0 Å². The minimum Gasteiger partial charge on any atom is -0.385 e. The molecule has 0 aliphatic carbocycles. The quantitative estimate of drug-likeness (QED) is 0.752. The third-order valence-electron chi connectivity index (χ3n) is 2.49. The van der Waals surface area contributed by atoms with Crippen LogP contribution in [0.3, 0.4) is 0 Å². The molecular weight excluding hydrogens is 259 g/mol. The maximum absolute atomic E-state index is 12.7. The van der Waals surface area contributed by atoms with E-state index in [1.807, 2.05) is 0 Å². The molecule has 0 amide bonds. The van der Waals surface area contributed by atoms with Crippen LogP contribution in [0.1, 0.15) is 18.4 Å². The molecule has 108 valence electrons. The van der Waals surface area contributed by atoms with Crippen LogP contribution in [0.15, 0.2) is 12.1 Å². The van der Waals surface area contributed by atoms with Crippen molar-refractivity contribution in [2.24, 2.45) is 0 Å². The Morgan fingerprint density at radius 1 is 1.21 bits per heavy atom. The number of alkyl halides is 3. The Morgan fingerprint density at radius 2 is 1.89 bits per heavy atom. The smallest absolute Gasteiger partial charge is 0.385 e. The molecule has 7 heteroatoms. The molecule has 0 aromatic carbocycles. The lowest BCUT2D eigenvalue weighted by Crippen LogP contribution is -2.10. The van der Waals surface area contributed by atoms with E-state index in [1.165, 1.54) is 7.05 Å². The number of methoxy groups -OCH3 is 1. The van der Waals surface area contributed by atoms with Crippen molar-refractivity contribution in [1.29, 1.82) is 0 Å². The standard InChI is InChI=1S/C12H18F3N3O/c1-16-10-7-9(12(13,14)15)8-11(18-10)17-5-3-4-6-19-2/h7-8H,3-6H2,1-2H3,(H2,16,17,18). The minimum atomic E-state index is -4.37. The van der Waals surface area contributed by atoms with E-state index in [1.54, 1.807) is 7.11 Å². The molecule has 0 atom stereocenters. The molecular formula is C12H18F3N3O. The van der Waals surface area contributed by atoms with Gasteiger partial charge in [-0.15, -0.1) is 0 Å². The normalized spacial score (nSPS) is 11.4. The van der Waals surface area contributed by atoms with E-state index < -0.39 is 11.7 Å². The van der Waals surface area contributed by atoms with Crippen molar-refractivity contribution in [3.8, 4) is 0 Å². The fourth-order valence-electron chi connectivity index (χ4n) is 1.50. The molecule has 0 radical (unpaired) electrons. The number of unbranched alkanes of at least 4 members (excludes halogenated alkanes) is 1. The lowest BCUT2D eigenvalue weighted by Gasteiger charge is -2.12. The molecule has 1 heterocycles. The Labute approximate surface area is 110 Å². The van der Waals surface area contributed by atoms with Gasteiger partial charge < -0.3 is 15.4 Å². The van der Waals surface area contributed by atoms with Crippen molar-refractivity contribution in [3.05, 3.63) is 17.7 Å². The maximum atomic E-state index is 12.7. The molecule has 0 fully saturated rings. The fourth-order valence-corrected chi connectivity index (χ4v) is 1.50. The van der Waals surface area contributed by atoms with Crippen LogP contribution < -0.4 is 10.6 Å². The Balaban J connectivity index is 2.67. The van der Waals surface area contributed by atoms with Gasteiger partial charge in [0.1, 0.15) is 11.6 Å². The first-order valence-corrected chi connectivity index (χ1v) is 5.97. The first-order chi connectivity index (χ1) is 8.97. The van der Waals surface area contributed by atoms with E-state index in [-0.39, 0.29) is 11.6 Å². The molecule has 0 aliphatic rings. The number of nitrogens with one attached hydrogen (secondary N) is 2. The summed E-state index contributed by atoms with van der Waals surface area (Å²) >= 11 is 0. The summed E-state index contributed by atoms with van der Waals surface area (Å²) in [7, 11) is 3.14. The second-order valence-corrected chi connectivity index (χ2v) is 4.00. The van der Waals surface area contributed by atoms with Crippen molar-refractivity contribution in [3.63, 3.8) is 0 Å². The molecule has 1 rings (SSSR count). The molecule has 2 N–H and O–H groups in total. The predicted octanol–water partition coefficient (Wildman–Crippen LogP) is 2.98. The van der Waals surface area contributed by atoms with Gasteiger partial charge >= 0.3 is 6.18 Å². The van der Waals surface area contributed by atoms with Crippen molar-refractivity contribution in [1.82, 2.24) is 4.98 Å². The first-order valence-electron chi connectivity index (χ1n) is 5.97. The lowest BCUT2D eigenvalue weighted by molar-refractivity contribution is -0.137. The number of rotatable bonds is 7.